The summed E-state index contributed by atoms with van der Waals surface area (Å²) in [6.07, 6.45) is 0. The Hall–Kier alpha value is -1.76. The molecule has 0 fully saturated rings. The van der Waals surface area contributed by atoms with Gasteiger partial charge in [-0.3, -0.25) is 0 Å². The maximum Gasteiger partial charge on any atom is 0.125 e. The largest absolute Gasteiger partial charge is 0.496 e. The highest BCUT2D eigenvalue weighted by Crippen LogP contribution is 2.34. The second-order valence-electron chi connectivity index (χ2n) is 4.94. The van der Waals surface area contributed by atoms with Crippen LogP contribution in [0.5, 0.6) is 5.75 Å². The predicted molar refractivity (Wildman–Crippen MR) is 77.3 cm³/mol. The standard InChI is InChI=1S/C17H20O/c1-12(2)16-11-15(10-13(3)17(16)18-4)14-8-6-5-7-9-14/h5-12H,1-4H3. The smallest absolute Gasteiger partial charge is 0.125 e. The first kappa shape index (κ1) is 12.7. The molecule has 1 nitrogen and oxygen atoms in total. The van der Waals surface area contributed by atoms with E-state index in [0.29, 0.717) is 5.92 Å². The van der Waals surface area contributed by atoms with Gasteiger partial charge >= 0.3 is 0 Å². The molecule has 0 aliphatic carbocycles. The van der Waals surface area contributed by atoms with E-state index >= 15 is 0 Å². The summed E-state index contributed by atoms with van der Waals surface area (Å²) in [4.78, 5) is 0. The molecule has 0 spiro atoms. The first-order valence-corrected chi connectivity index (χ1v) is 6.37. The van der Waals surface area contributed by atoms with Crippen molar-refractivity contribution in [3.63, 3.8) is 0 Å². The van der Waals surface area contributed by atoms with Crippen molar-refractivity contribution in [3.8, 4) is 16.9 Å². The lowest BCUT2D eigenvalue weighted by atomic mass is 9.94. The van der Waals surface area contributed by atoms with Crippen molar-refractivity contribution in [2.45, 2.75) is 26.7 Å². The second-order valence-corrected chi connectivity index (χ2v) is 4.94. The summed E-state index contributed by atoms with van der Waals surface area (Å²) in [7, 11) is 1.75. The van der Waals surface area contributed by atoms with Crippen molar-refractivity contribution in [2.24, 2.45) is 0 Å². The molecule has 0 radical (unpaired) electrons. The molecular formula is C17H20O. The van der Waals surface area contributed by atoms with Gasteiger partial charge in [-0.05, 0) is 47.2 Å². The fourth-order valence-electron chi connectivity index (χ4n) is 2.31. The van der Waals surface area contributed by atoms with Crippen LogP contribution in [0.4, 0.5) is 0 Å². The Kier molecular flexibility index (Phi) is 3.71. The molecule has 18 heavy (non-hydrogen) atoms. The van der Waals surface area contributed by atoms with Crippen molar-refractivity contribution in [1.82, 2.24) is 0 Å². The SMILES string of the molecule is COc1c(C)cc(-c2ccccc2)cc1C(C)C. The molecule has 0 saturated carbocycles. The third kappa shape index (κ3) is 2.40. The van der Waals surface area contributed by atoms with Crippen LogP contribution in [-0.2, 0) is 0 Å². The van der Waals surface area contributed by atoms with Crippen LogP contribution in [-0.4, -0.2) is 7.11 Å². The molecular weight excluding hydrogens is 220 g/mol. The Labute approximate surface area is 109 Å². The van der Waals surface area contributed by atoms with Gasteiger partial charge in [-0.15, -0.1) is 0 Å². The maximum atomic E-state index is 5.53. The van der Waals surface area contributed by atoms with Gasteiger partial charge in [0, 0.05) is 0 Å². The summed E-state index contributed by atoms with van der Waals surface area (Å²) in [5.74, 6) is 1.48. The zero-order valence-electron chi connectivity index (χ0n) is 11.5. The van der Waals surface area contributed by atoms with Crippen LogP contribution in [0, 0.1) is 6.92 Å². The van der Waals surface area contributed by atoms with Gasteiger partial charge < -0.3 is 4.74 Å². The highest BCUT2D eigenvalue weighted by molar-refractivity contribution is 5.67. The number of hydrogen-bond acceptors (Lipinski definition) is 1. The molecule has 2 aromatic rings. The van der Waals surface area contributed by atoms with Crippen molar-refractivity contribution >= 4 is 0 Å². The molecule has 0 atom stereocenters. The van der Waals surface area contributed by atoms with Crippen LogP contribution in [0.3, 0.4) is 0 Å². The lowest BCUT2D eigenvalue weighted by Crippen LogP contribution is -1.97. The second kappa shape index (κ2) is 5.26. The molecule has 2 aromatic carbocycles. The average molecular weight is 240 g/mol. The number of methoxy groups -OCH3 is 1. The summed E-state index contributed by atoms with van der Waals surface area (Å²) in [6, 6.07) is 14.9. The van der Waals surface area contributed by atoms with Gasteiger partial charge in [-0.2, -0.15) is 0 Å². The van der Waals surface area contributed by atoms with E-state index in [1.807, 2.05) is 6.07 Å². The molecule has 0 amide bonds. The number of aryl methyl sites for hydroxylation is 1. The van der Waals surface area contributed by atoms with E-state index in [0.717, 1.165) is 5.75 Å². The summed E-state index contributed by atoms with van der Waals surface area (Å²) >= 11 is 0. The van der Waals surface area contributed by atoms with Crippen molar-refractivity contribution < 1.29 is 4.74 Å². The van der Waals surface area contributed by atoms with Gasteiger partial charge in [0.1, 0.15) is 5.75 Å². The minimum atomic E-state index is 0.460. The molecule has 0 aromatic heterocycles. The van der Waals surface area contributed by atoms with Crippen molar-refractivity contribution in [3.05, 3.63) is 53.6 Å². The Morgan fingerprint density at radius 3 is 2.17 bits per heavy atom. The quantitative estimate of drug-likeness (QED) is 0.749. The van der Waals surface area contributed by atoms with Crippen LogP contribution < -0.4 is 4.74 Å². The Balaban J connectivity index is 2.58. The van der Waals surface area contributed by atoms with Gasteiger partial charge in [0.2, 0.25) is 0 Å². The van der Waals surface area contributed by atoms with E-state index in [4.69, 9.17) is 4.74 Å². The third-order valence-electron chi connectivity index (χ3n) is 3.24. The van der Waals surface area contributed by atoms with Crippen LogP contribution in [0.25, 0.3) is 11.1 Å². The minimum absolute atomic E-state index is 0.460. The number of benzene rings is 2. The highest BCUT2D eigenvalue weighted by Gasteiger charge is 2.12. The third-order valence-corrected chi connectivity index (χ3v) is 3.24. The van der Waals surface area contributed by atoms with E-state index in [1.54, 1.807) is 7.11 Å². The lowest BCUT2D eigenvalue weighted by Gasteiger charge is -2.16. The summed E-state index contributed by atoms with van der Waals surface area (Å²) < 4.78 is 5.53. The van der Waals surface area contributed by atoms with E-state index in [-0.39, 0.29) is 0 Å². The topological polar surface area (TPSA) is 9.23 Å². The molecule has 0 unspecified atom stereocenters. The molecule has 0 saturated heterocycles. The van der Waals surface area contributed by atoms with Crippen LogP contribution in [0.15, 0.2) is 42.5 Å². The highest BCUT2D eigenvalue weighted by atomic mass is 16.5. The fraction of sp³-hybridized carbons (Fsp3) is 0.294. The zero-order chi connectivity index (χ0) is 13.1. The molecule has 0 aliphatic rings. The van der Waals surface area contributed by atoms with Crippen LogP contribution >= 0.6 is 0 Å². The average Bonchev–Trinajstić information content (AvgIpc) is 2.38. The van der Waals surface area contributed by atoms with E-state index in [1.165, 1.54) is 22.3 Å². The maximum absolute atomic E-state index is 5.53. The normalized spacial score (nSPS) is 10.7. The van der Waals surface area contributed by atoms with Gasteiger partial charge in [-0.1, -0.05) is 44.2 Å². The van der Waals surface area contributed by atoms with E-state index < -0.39 is 0 Å². The molecule has 2 rings (SSSR count). The first-order valence-electron chi connectivity index (χ1n) is 6.37. The Morgan fingerprint density at radius 2 is 1.61 bits per heavy atom. The van der Waals surface area contributed by atoms with Gasteiger partial charge in [-0.25, -0.2) is 0 Å². The van der Waals surface area contributed by atoms with E-state index in [2.05, 4.69) is 57.2 Å². The van der Waals surface area contributed by atoms with Crippen LogP contribution in [0.1, 0.15) is 30.9 Å². The van der Waals surface area contributed by atoms with Gasteiger partial charge in [0.15, 0.2) is 0 Å². The number of rotatable bonds is 3. The van der Waals surface area contributed by atoms with Crippen molar-refractivity contribution in [1.29, 1.82) is 0 Å². The molecule has 1 heteroatoms. The molecule has 0 bridgehead atoms. The van der Waals surface area contributed by atoms with Gasteiger partial charge in [0.05, 0.1) is 7.11 Å². The lowest BCUT2D eigenvalue weighted by molar-refractivity contribution is 0.404. The van der Waals surface area contributed by atoms with Crippen molar-refractivity contribution in [2.75, 3.05) is 7.11 Å². The summed E-state index contributed by atoms with van der Waals surface area (Å²) in [5.41, 5.74) is 4.99. The van der Waals surface area contributed by atoms with E-state index in [9.17, 15) is 0 Å². The molecule has 94 valence electrons. The van der Waals surface area contributed by atoms with Gasteiger partial charge in [0.25, 0.3) is 0 Å². The molecule has 0 heterocycles. The fourth-order valence-corrected chi connectivity index (χ4v) is 2.31. The number of ether oxygens (including phenoxy) is 1. The minimum Gasteiger partial charge on any atom is -0.496 e. The van der Waals surface area contributed by atoms with Crippen LogP contribution in [0.2, 0.25) is 0 Å². The zero-order valence-corrected chi connectivity index (χ0v) is 11.5. The molecule has 0 aliphatic heterocycles. The predicted octanol–water partition coefficient (Wildman–Crippen LogP) is 4.79. The monoisotopic (exact) mass is 240 g/mol. The number of hydrogen-bond donors (Lipinski definition) is 0. The summed E-state index contributed by atoms with van der Waals surface area (Å²) in [5, 5.41) is 0. The Bertz CT molecular complexity index is 527. The first-order chi connectivity index (χ1) is 8.63. The molecule has 0 N–H and O–H groups in total. The Morgan fingerprint density at radius 1 is 0.944 bits per heavy atom. The summed E-state index contributed by atoms with van der Waals surface area (Å²) in [6.45, 7) is 6.51.